The summed E-state index contributed by atoms with van der Waals surface area (Å²) in [4.78, 5) is 18.2. The molecule has 5 nitrogen and oxygen atoms in total. The van der Waals surface area contributed by atoms with Gasteiger partial charge in [-0.2, -0.15) is 0 Å². The molecule has 0 amide bonds. The maximum atomic E-state index is 5.13. The summed E-state index contributed by atoms with van der Waals surface area (Å²) in [6.45, 7) is 4.09. The Kier molecular flexibility index (Phi) is 6.04. The first-order chi connectivity index (χ1) is 13.6. The second-order valence-electron chi connectivity index (χ2n) is 7.72. The third-order valence-electron chi connectivity index (χ3n) is 5.40. The molecule has 0 saturated heterocycles. The molecule has 0 spiro atoms. The number of nitrogens with zero attached hydrogens (tertiary/aromatic N) is 4. The maximum absolute atomic E-state index is 5.13. The lowest BCUT2D eigenvalue weighted by Crippen LogP contribution is -2.21. The van der Waals surface area contributed by atoms with Crippen molar-refractivity contribution in [2.45, 2.75) is 50.6 Å². The molecule has 1 N–H and O–H groups in total. The van der Waals surface area contributed by atoms with E-state index in [9.17, 15) is 0 Å². The largest absolute Gasteiger partial charge is 0.367 e. The topological polar surface area (TPSA) is 53.9 Å². The number of fused-ring (bicyclic) bond motifs is 5. The smallest absolute Gasteiger partial charge is 0.189 e. The van der Waals surface area contributed by atoms with Crippen LogP contribution in [0.25, 0.3) is 20.4 Å². The molecule has 150 valence electrons. The summed E-state index contributed by atoms with van der Waals surface area (Å²) >= 11 is 3.37. The molecule has 4 rings (SSSR count). The van der Waals surface area contributed by atoms with E-state index >= 15 is 0 Å². The first-order valence-electron chi connectivity index (χ1n) is 10.2. The standard InChI is InChI=1S/C21H29N5S2/c1-5-6-10-15-13-8-7-9-14(13)16-17-18(28-20(16)23-15)19(22-11-12-26(2)3)25-21(24-17)27-4/h5-12H2,1-4H3,(H,22,24,25). The van der Waals surface area contributed by atoms with Crippen molar-refractivity contribution in [3.05, 3.63) is 16.8 Å². The van der Waals surface area contributed by atoms with E-state index in [4.69, 9.17) is 15.0 Å². The lowest BCUT2D eigenvalue weighted by molar-refractivity contribution is 0.425. The number of nitrogens with one attached hydrogen (secondary N) is 1. The van der Waals surface area contributed by atoms with Gasteiger partial charge in [0.25, 0.3) is 0 Å². The van der Waals surface area contributed by atoms with Crippen LogP contribution in [0.4, 0.5) is 5.82 Å². The zero-order valence-electron chi connectivity index (χ0n) is 17.3. The van der Waals surface area contributed by atoms with Crippen LogP contribution in [-0.2, 0) is 19.3 Å². The van der Waals surface area contributed by atoms with Gasteiger partial charge < -0.3 is 10.2 Å². The highest BCUT2D eigenvalue weighted by Crippen LogP contribution is 2.42. The fraction of sp³-hybridized carbons (Fsp3) is 0.571. The quantitative estimate of drug-likeness (QED) is 0.423. The van der Waals surface area contributed by atoms with Gasteiger partial charge in [-0.25, -0.2) is 15.0 Å². The molecule has 1 aliphatic carbocycles. The minimum Gasteiger partial charge on any atom is -0.367 e. The Hall–Kier alpha value is -1.44. The van der Waals surface area contributed by atoms with Crippen LogP contribution in [0.2, 0.25) is 0 Å². The van der Waals surface area contributed by atoms with Gasteiger partial charge in [-0.1, -0.05) is 25.1 Å². The second-order valence-corrected chi connectivity index (χ2v) is 9.49. The molecular weight excluding hydrogens is 386 g/mol. The molecule has 3 heterocycles. The monoisotopic (exact) mass is 415 g/mol. The Morgan fingerprint density at radius 1 is 1.14 bits per heavy atom. The molecule has 0 atom stereocenters. The van der Waals surface area contributed by atoms with Gasteiger partial charge in [-0.3, -0.25) is 0 Å². The summed E-state index contributed by atoms with van der Waals surface area (Å²) in [6, 6.07) is 0. The highest BCUT2D eigenvalue weighted by Gasteiger charge is 2.24. The molecule has 0 aliphatic heterocycles. The SMILES string of the molecule is CCCCc1nc2sc3c(NCCN(C)C)nc(SC)nc3c2c2c1CCC2. The van der Waals surface area contributed by atoms with Gasteiger partial charge in [0.05, 0.1) is 10.2 Å². The van der Waals surface area contributed by atoms with Gasteiger partial charge in [-0.15, -0.1) is 11.3 Å². The molecule has 0 saturated carbocycles. The van der Waals surface area contributed by atoms with Crippen molar-refractivity contribution in [2.75, 3.05) is 38.8 Å². The Balaban J connectivity index is 1.87. The molecule has 1 aliphatic rings. The van der Waals surface area contributed by atoms with E-state index in [1.165, 1.54) is 47.9 Å². The molecule has 0 aromatic carbocycles. The molecule has 7 heteroatoms. The van der Waals surface area contributed by atoms with Crippen LogP contribution in [0.3, 0.4) is 0 Å². The van der Waals surface area contributed by atoms with Gasteiger partial charge in [0, 0.05) is 24.2 Å². The Morgan fingerprint density at radius 2 is 1.96 bits per heavy atom. The van der Waals surface area contributed by atoms with E-state index in [-0.39, 0.29) is 0 Å². The number of rotatable bonds is 8. The predicted octanol–water partition coefficient (Wildman–Crippen LogP) is 4.77. The van der Waals surface area contributed by atoms with Crippen molar-refractivity contribution in [3.63, 3.8) is 0 Å². The number of thioether (sulfide) groups is 1. The molecule has 28 heavy (non-hydrogen) atoms. The summed E-state index contributed by atoms with van der Waals surface area (Å²) < 4.78 is 1.15. The summed E-state index contributed by atoms with van der Waals surface area (Å²) in [5.41, 5.74) is 5.44. The number of pyridine rings is 1. The number of likely N-dealkylation sites (N-methyl/N-ethyl adjacent to an activating group) is 1. The number of unbranched alkanes of at least 4 members (excludes halogenated alkanes) is 1. The van der Waals surface area contributed by atoms with Crippen molar-refractivity contribution in [3.8, 4) is 0 Å². The van der Waals surface area contributed by atoms with Gasteiger partial charge in [0.2, 0.25) is 0 Å². The summed E-state index contributed by atoms with van der Waals surface area (Å²) in [7, 11) is 4.18. The van der Waals surface area contributed by atoms with Gasteiger partial charge in [-0.05, 0) is 63.6 Å². The van der Waals surface area contributed by atoms with Crippen molar-refractivity contribution in [1.82, 2.24) is 19.9 Å². The van der Waals surface area contributed by atoms with Crippen LogP contribution in [0, 0.1) is 0 Å². The molecule has 3 aromatic rings. The molecule has 0 radical (unpaired) electrons. The van der Waals surface area contributed by atoms with E-state index in [1.54, 1.807) is 23.1 Å². The van der Waals surface area contributed by atoms with Crippen molar-refractivity contribution in [2.24, 2.45) is 0 Å². The number of hydrogen-bond donors (Lipinski definition) is 1. The number of hydrogen-bond acceptors (Lipinski definition) is 7. The average molecular weight is 416 g/mol. The first-order valence-corrected chi connectivity index (χ1v) is 12.2. The van der Waals surface area contributed by atoms with E-state index in [1.807, 2.05) is 6.26 Å². The molecule has 0 bridgehead atoms. The zero-order valence-corrected chi connectivity index (χ0v) is 18.9. The highest BCUT2D eigenvalue weighted by molar-refractivity contribution is 7.98. The third kappa shape index (κ3) is 3.72. The van der Waals surface area contributed by atoms with Crippen molar-refractivity contribution in [1.29, 1.82) is 0 Å². The van der Waals surface area contributed by atoms with Crippen LogP contribution in [-0.4, -0.2) is 53.3 Å². The lowest BCUT2D eigenvalue weighted by Gasteiger charge is -2.12. The minimum absolute atomic E-state index is 0.835. The number of aromatic nitrogens is 3. The summed E-state index contributed by atoms with van der Waals surface area (Å²) in [6.07, 6.45) is 9.13. The summed E-state index contributed by atoms with van der Waals surface area (Å²) in [5.74, 6) is 0.959. The zero-order chi connectivity index (χ0) is 19.7. The molecule has 0 fully saturated rings. The van der Waals surface area contributed by atoms with E-state index < -0.39 is 0 Å². The number of anilines is 1. The highest BCUT2D eigenvalue weighted by atomic mass is 32.2. The third-order valence-corrected chi connectivity index (χ3v) is 7.03. The number of aryl methyl sites for hydroxylation is 2. The fourth-order valence-electron chi connectivity index (χ4n) is 3.98. The maximum Gasteiger partial charge on any atom is 0.189 e. The Morgan fingerprint density at radius 3 is 2.71 bits per heavy atom. The second kappa shape index (κ2) is 8.51. The molecule has 3 aromatic heterocycles. The van der Waals surface area contributed by atoms with E-state index in [0.29, 0.717) is 0 Å². The fourth-order valence-corrected chi connectivity index (χ4v) is 5.48. The van der Waals surface area contributed by atoms with Gasteiger partial charge in [0.1, 0.15) is 10.6 Å². The van der Waals surface area contributed by atoms with Crippen LogP contribution in [0.1, 0.15) is 43.0 Å². The van der Waals surface area contributed by atoms with E-state index in [0.717, 1.165) is 52.0 Å². The van der Waals surface area contributed by atoms with Crippen LogP contribution in [0.5, 0.6) is 0 Å². The minimum atomic E-state index is 0.835. The normalized spacial score (nSPS) is 13.8. The summed E-state index contributed by atoms with van der Waals surface area (Å²) in [5, 5.41) is 5.68. The Bertz CT molecular complexity index is 996. The Labute approximate surface area is 175 Å². The number of thiophene rings is 1. The van der Waals surface area contributed by atoms with E-state index in [2.05, 4.69) is 31.2 Å². The van der Waals surface area contributed by atoms with Gasteiger partial charge in [0.15, 0.2) is 5.16 Å². The predicted molar refractivity (Wildman–Crippen MR) is 122 cm³/mol. The molecular formula is C21H29N5S2. The van der Waals surface area contributed by atoms with Gasteiger partial charge >= 0.3 is 0 Å². The van der Waals surface area contributed by atoms with Crippen LogP contribution < -0.4 is 5.32 Å². The van der Waals surface area contributed by atoms with Crippen LogP contribution in [0.15, 0.2) is 5.16 Å². The van der Waals surface area contributed by atoms with Crippen molar-refractivity contribution >= 4 is 49.3 Å². The molecule has 0 unspecified atom stereocenters. The van der Waals surface area contributed by atoms with Crippen LogP contribution >= 0.6 is 23.1 Å². The van der Waals surface area contributed by atoms with Crippen molar-refractivity contribution < 1.29 is 0 Å². The lowest BCUT2D eigenvalue weighted by atomic mass is 10.0. The average Bonchev–Trinajstić information content (AvgIpc) is 3.29. The first kappa shape index (κ1) is 19.9.